The van der Waals surface area contributed by atoms with Gasteiger partial charge in [-0.1, -0.05) is 0 Å². The summed E-state index contributed by atoms with van der Waals surface area (Å²) in [6, 6.07) is 0. The van der Waals surface area contributed by atoms with Crippen molar-refractivity contribution in [1.29, 1.82) is 0 Å². The van der Waals surface area contributed by atoms with Crippen molar-refractivity contribution < 1.29 is 4.79 Å². The van der Waals surface area contributed by atoms with Crippen LogP contribution >= 0.6 is 0 Å². The lowest BCUT2D eigenvalue weighted by Gasteiger charge is -2.04. The Morgan fingerprint density at radius 3 is 3.25 bits per heavy atom. The third-order valence-electron chi connectivity index (χ3n) is 1.97. The van der Waals surface area contributed by atoms with E-state index in [4.69, 9.17) is 0 Å². The molecular formula is C7H10N4O. The van der Waals surface area contributed by atoms with Crippen molar-refractivity contribution in [3.05, 3.63) is 12.7 Å². The molecule has 1 aliphatic rings. The van der Waals surface area contributed by atoms with E-state index in [1.54, 1.807) is 11.0 Å². The average molecular weight is 166 g/mol. The lowest BCUT2D eigenvalue weighted by Crippen LogP contribution is -2.16. The van der Waals surface area contributed by atoms with Gasteiger partial charge in [-0.15, -0.1) is 0 Å². The standard InChI is InChI=1S/C7H10N4O/c12-7-1-6(2-9-7)3-11-5-8-4-10-11/h4-6H,1-3H2,(H,9,12). The summed E-state index contributed by atoms with van der Waals surface area (Å²) in [6.07, 6.45) is 3.78. The largest absolute Gasteiger partial charge is 0.356 e. The van der Waals surface area contributed by atoms with E-state index in [1.165, 1.54) is 6.33 Å². The highest BCUT2D eigenvalue weighted by Gasteiger charge is 2.21. The molecule has 12 heavy (non-hydrogen) atoms. The molecule has 64 valence electrons. The number of carbonyl (C=O) groups excluding carboxylic acids is 1. The predicted molar refractivity (Wildman–Crippen MR) is 41.1 cm³/mol. The minimum Gasteiger partial charge on any atom is -0.356 e. The fraction of sp³-hybridized carbons (Fsp3) is 0.571. The Hall–Kier alpha value is -1.39. The number of nitrogens with one attached hydrogen (secondary N) is 1. The molecule has 0 radical (unpaired) electrons. The molecule has 1 atom stereocenters. The van der Waals surface area contributed by atoms with Crippen molar-refractivity contribution in [1.82, 2.24) is 20.1 Å². The van der Waals surface area contributed by atoms with Crippen molar-refractivity contribution >= 4 is 5.91 Å². The van der Waals surface area contributed by atoms with E-state index in [-0.39, 0.29) is 5.91 Å². The van der Waals surface area contributed by atoms with Crippen LogP contribution in [0.25, 0.3) is 0 Å². The summed E-state index contributed by atoms with van der Waals surface area (Å²) in [6.45, 7) is 1.54. The molecule has 5 heteroatoms. The topological polar surface area (TPSA) is 59.8 Å². The lowest BCUT2D eigenvalue weighted by atomic mass is 10.1. The Bertz CT molecular complexity index is 269. The highest BCUT2D eigenvalue weighted by molar-refractivity contribution is 5.78. The molecule has 1 aromatic rings. The highest BCUT2D eigenvalue weighted by atomic mass is 16.1. The third-order valence-corrected chi connectivity index (χ3v) is 1.97. The summed E-state index contributed by atoms with van der Waals surface area (Å²) in [7, 11) is 0. The van der Waals surface area contributed by atoms with Crippen LogP contribution in [0.5, 0.6) is 0 Å². The number of aromatic nitrogens is 3. The predicted octanol–water partition coefficient (Wildman–Crippen LogP) is -0.586. The second-order valence-corrected chi connectivity index (χ2v) is 2.99. The smallest absolute Gasteiger partial charge is 0.220 e. The van der Waals surface area contributed by atoms with Gasteiger partial charge in [0, 0.05) is 25.4 Å². The number of carbonyl (C=O) groups is 1. The monoisotopic (exact) mass is 166 g/mol. The van der Waals surface area contributed by atoms with Crippen LogP contribution in [0.4, 0.5) is 0 Å². The zero-order valence-electron chi connectivity index (χ0n) is 6.60. The second kappa shape index (κ2) is 2.92. The first-order valence-electron chi connectivity index (χ1n) is 3.93. The first-order valence-corrected chi connectivity index (χ1v) is 3.93. The molecule has 0 spiro atoms. The molecule has 0 aromatic carbocycles. The SMILES string of the molecule is O=C1CC(Cn2cncn2)CN1. The van der Waals surface area contributed by atoms with Crippen LogP contribution in [0.1, 0.15) is 6.42 Å². The van der Waals surface area contributed by atoms with Crippen molar-refractivity contribution in [2.45, 2.75) is 13.0 Å². The minimum absolute atomic E-state index is 0.139. The van der Waals surface area contributed by atoms with Crippen LogP contribution in [0, 0.1) is 5.92 Å². The maximum atomic E-state index is 10.8. The van der Waals surface area contributed by atoms with Gasteiger partial charge in [0.1, 0.15) is 12.7 Å². The van der Waals surface area contributed by atoms with Gasteiger partial charge in [-0.3, -0.25) is 9.48 Å². The van der Waals surface area contributed by atoms with E-state index in [9.17, 15) is 4.79 Å². The first-order chi connectivity index (χ1) is 5.84. The van der Waals surface area contributed by atoms with Gasteiger partial charge < -0.3 is 5.32 Å². The molecule has 0 saturated carbocycles. The normalized spacial score (nSPS) is 22.7. The Morgan fingerprint density at radius 1 is 1.75 bits per heavy atom. The van der Waals surface area contributed by atoms with Crippen LogP contribution in [-0.4, -0.2) is 27.2 Å². The summed E-state index contributed by atoms with van der Waals surface area (Å²) in [5, 5.41) is 6.75. The van der Waals surface area contributed by atoms with Crippen LogP contribution in [0.15, 0.2) is 12.7 Å². The fourth-order valence-corrected chi connectivity index (χ4v) is 1.39. The Balaban J connectivity index is 1.92. The Labute approximate surface area is 69.8 Å². The van der Waals surface area contributed by atoms with Crippen LogP contribution < -0.4 is 5.32 Å². The molecule has 1 amide bonds. The molecule has 0 aliphatic carbocycles. The van der Waals surface area contributed by atoms with Crippen molar-refractivity contribution in [2.75, 3.05) is 6.54 Å². The summed E-state index contributed by atoms with van der Waals surface area (Å²) in [5.41, 5.74) is 0. The minimum atomic E-state index is 0.139. The van der Waals surface area contributed by atoms with Crippen LogP contribution in [-0.2, 0) is 11.3 Å². The maximum absolute atomic E-state index is 10.8. The van der Waals surface area contributed by atoms with Crippen LogP contribution in [0.3, 0.4) is 0 Å². The second-order valence-electron chi connectivity index (χ2n) is 2.99. The van der Waals surface area contributed by atoms with Gasteiger partial charge >= 0.3 is 0 Å². The van der Waals surface area contributed by atoms with Crippen molar-refractivity contribution in [3.8, 4) is 0 Å². The van der Waals surface area contributed by atoms with Gasteiger partial charge in [0.25, 0.3) is 0 Å². The van der Waals surface area contributed by atoms with Gasteiger partial charge in [0.15, 0.2) is 0 Å². The molecule has 0 bridgehead atoms. The van der Waals surface area contributed by atoms with Crippen molar-refractivity contribution in [3.63, 3.8) is 0 Å². The highest BCUT2D eigenvalue weighted by Crippen LogP contribution is 2.10. The molecule has 5 nitrogen and oxygen atoms in total. The number of hydrogen-bond acceptors (Lipinski definition) is 3. The molecule has 1 aromatic heterocycles. The van der Waals surface area contributed by atoms with E-state index in [2.05, 4.69) is 15.4 Å². The molecule has 1 saturated heterocycles. The summed E-state index contributed by atoms with van der Waals surface area (Å²) in [4.78, 5) is 14.7. The molecular weight excluding hydrogens is 156 g/mol. The number of hydrogen-bond donors (Lipinski definition) is 1. The van der Waals surface area contributed by atoms with E-state index >= 15 is 0 Å². The molecule has 2 heterocycles. The molecule has 1 unspecified atom stereocenters. The van der Waals surface area contributed by atoms with E-state index in [0.29, 0.717) is 12.3 Å². The van der Waals surface area contributed by atoms with Gasteiger partial charge in [-0.25, -0.2) is 4.98 Å². The summed E-state index contributed by atoms with van der Waals surface area (Å²) < 4.78 is 1.75. The molecule has 2 rings (SSSR count). The van der Waals surface area contributed by atoms with Gasteiger partial charge in [-0.2, -0.15) is 5.10 Å². The maximum Gasteiger partial charge on any atom is 0.220 e. The van der Waals surface area contributed by atoms with E-state index < -0.39 is 0 Å². The lowest BCUT2D eigenvalue weighted by molar-refractivity contribution is -0.119. The number of amides is 1. The quantitative estimate of drug-likeness (QED) is 0.639. The van der Waals surface area contributed by atoms with Gasteiger partial charge in [0.05, 0.1) is 0 Å². The first kappa shape index (κ1) is 7.27. The number of nitrogens with zero attached hydrogens (tertiary/aromatic N) is 3. The average Bonchev–Trinajstić information content (AvgIpc) is 2.63. The number of rotatable bonds is 2. The summed E-state index contributed by atoms with van der Waals surface area (Å²) in [5.74, 6) is 0.513. The molecule has 1 aliphatic heterocycles. The molecule has 1 fully saturated rings. The Kier molecular flexibility index (Phi) is 1.77. The van der Waals surface area contributed by atoms with Crippen LogP contribution in [0.2, 0.25) is 0 Å². The zero-order chi connectivity index (χ0) is 8.39. The van der Waals surface area contributed by atoms with Gasteiger partial charge in [0.2, 0.25) is 5.91 Å². The zero-order valence-corrected chi connectivity index (χ0v) is 6.60. The fourth-order valence-electron chi connectivity index (χ4n) is 1.39. The Morgan fingerprint density at radius 2 is 2.67 bits per heavy atom. The summed E-state index contributed by atoms with van der Waals surface area (Å²) >= 11 is 0. The van der Waals surface area contributed by atoms with Gasteiger partial charge in [-0.05, 0) is 0 Å². The van der Waals surface area contributed by atoms with E-state index in [0.717, 1.165) is 13.1 Å². The molecule has 1 N–H and O–H groups in total. The third kappa shape index (κ3) is 1.44. The van der Waals surface area contributed by atoms with Crippen molar-refractivity contribution in [2.24, 2.45) is 5.92 Å². The van der Waals surface area contributed by atoms with E-state index in [1.807, 2.05) is 0 Å².